The summed E-state index contributed by atoms with van der Waals surface area (Å²) in [5.74, 6) is 0.791. The molecule has 0 radical (unpaired) electrons. The van der Waals surface area contributed by atoms with Crippen LogP contribution in [0.4, 0.5) is 0 Å². The molecule has 1 aromatic heterocycles. The largest absolute Gasteiger partial charge is 0.316 e. The van der Waals surface area contributed by atoms with E-state index in [2.05, 4.69) is 23.3 Å². The minimum absolute atomic E-state index is 0.791. The number of nitrogens with one attached hydrogen (secondary N) is 1. The van der Waals surface area contributed by atoms with Gasteiger partial charge in [0.15, 0.2) is 0 Å². The van der Waals surface area contributed by atoms with Gasteiger partial charge >= 0.3 is 0 Å². The van der Waals surface area contributed by atoms with Gasteiger partial charge in [0.25, 0.3) is 0 Å². The van der Waals surface area contributed by atoms with Crippen LogP contribution in [0.25, 0.3) is 0 Å². The highest BCUT2D eigenvalue weighted by atomic mass is 14.9. The standard InChI is InChI=1S/C13H20N2/c1-2-12-6-4-8-15-13(12)9-11-5-3-7-14-10-11/h4,6,8,11,14H,2-3,5,7,9-10H2,1H3. The fourth-order valence-electron chi connectivity index (χ4n) is 2.35. The van der Waals surface area contributed by atoms with Crippen molar-refractivity contribution in [3.8, 4) is 0 Å². The van der Waals surface area contributed by atoms with Crippen molar-refractivity contribution in [1.29, 1.82) is 0 Å². The summed E-state index contributed by atoms with van der Waals surface area (Å²) in [6.07, 6.45) is 6.84. The van der Waals surface area contributed by atoms with Crippen molar-refractivity contribution in [3.05, 3.63) is 29.6 Å². The summed E-state index contributed by atoms with van der Waals surface area (Å²) < 4.78 is 0. The lowest BCUT2D eigenvalue weighted by Gasteiger charge is -2.23. The van der Waals surface area contributed by atoms with Crippen LogP contribution in [-0.2, 0) is 12.8 Å². The maximum Gasteiger partial charge on any atom is 0.0438 e. The fraction of sp³-hybridized carbons (Fsp3) is 0.615. The summed E-state index contributed by atoms with van der Waals surface area (Å²) in [6, 6.07) is 4.25. The zero-order valence-electron chi connectivity index (χ0n) is 9.50. The Balaban J connectivity index is 2.02. The predicted octanol–water partition coefficient (Wildman–Crippen LogP) is 2.19. The van der Waals surface area contributed by atoms with E-state index in [9.17, 15) is 0 Å². The van der Waals surface area contributed by atoms with E-state index in [-0.39, 0.29) is 0 Å². The first kappa shape index (κ1) is 10.6. The first-order valence-electron chi connectivity index (χ1n) is 6.03. The highest BCUT2D eigenvalue weighted by Gasteiger charge is 2.15. The van der Waals surface area contributed by atoms with Gasteiger partial charge in [-0.25, -0.2) is 0 Å². The Morgan fingerprint density at radius 3 is 3.20 bits per heavy atom. The molecule has 0 amide bonds. The zero-order valence-corrected chi connectivity index (χ0v) is 9.50. The Hall–Kier alpha value is -0.890. The van der Waals surface area contributed by atoms with Gasteiger partial charge in [0.2, 0.25) is 0 Å². The van der Waals surface area contributed by atoms with Crippen molar-refractivity contribution in [3.63, 3.8) is 0 Å². The topological polar surface area (TPSA) is 24.9 Å². The van der Waals surface area contributed by atoms with Gasteiger partial charge in [-0.05, 0) is 56.3 Å². The van der Waals surface area contributed by atoms with E-state index in [4.69, 9.17) is 0 Å². The normalized spacial score (nSPS) is 21.5. The van der Waals surface area contributed by atoms with Crippen LogP contribution >= 0.6 is 0 Å². The van der Waals surface area contributed by atoms with Gasteiger partial charge in [0, 0.05) is 11.9 Å². The summed E-state index contributed by atoms with van der Waals surface area (Å²) in [5, 5.41) is 3.46. The summed E-state index contributed by atoms with van der Waals surface area (Å²) in [6.45, 7) is 4.57. The smallest absolute Gasteiger partial charge is 0.0438 e. The Kier molecular flexibility index (Phi) is 3.73. The SMILES string of the molecule is CCc1cccnc1CC1CCCNC1. The molecule has 1 N–H and O–H groups in total. The first-order valence-corrected chi connectivity index (χ1v) is 6.03. The van der Waals surface area contributed by atoms with Crippen molar-refractivity contribution in [2.45, 2.75) is 32.6 Å². The van der Waals surface area contributed by atoms with Crippen LogP contribution < -0.4 is 5.32 Å². The van der Waals surface area contributed by atoms with E-state index in [1.54, 1.807) is 0 Å². The summed E-state index contributed by atoms with van der Waals surface area (Å²) in [7, 11) is 0. The molecule has 1 aromatic rings. The van der Waals surface area contributed by atoms with Crippen molar-refractivity contribution in [2.75, 3.05) is 13.1 Å². The quantitative estimate of drug-likeness (QED) is 0.816. The second-order valence-electron chi connectivity index (χ2n) is 4.38. The third-order valence-electron chi connectivity index (χ3n) is 3.25. The third-order valence-corrected chi connectivity index (χ3v) is 3.25. The number of hydrogen-bond acceptors (Lipinski definition) is 2. The van der Waals surface area contributed by atoms with Gasteiger partial charge in [-0.1, -0.05) is 13.0 Å². The van der Waals surface area contributed by atoms with Gasteiger partial charge in [-0.15, -0.1) is 0 Å². The van der Waals surface area contributed by atoms with Crippen LogP contribution in [0.2, 0.25) is 0 Å². The van der Waals surface area contributed by atoms with Gasteiger partial charge in [-0.3, -0.25) is 4.98 Å². The molecular formula is C13H20N2. The van der Waals surface area contributed by atoms with Crippen molar-refractivity contribution in [2.24, 2.45) is 5.92 Å². The molecule has 2 heterocycles. The number of aryl methyl sites for hydroxylation is 1. The minimum Gasteiger partial charge on any atom is -0.316 e. The Labute approximate surface area is 92.1 Å². The van der Waals surface area contributed by atoms with Crippen molar-refractivity contribution in [1.82, 2.24) is 10.3 Å². The lowest BCUT2D eigenvalue weighted by atomic mass is 9.92. The maximum absolute atomic E-state index is 4.52. The molecule has 0 aromatic carbocycles. The minimum atomic E-state index is 0.791. The third kappa shape index (κ3) is 2.78. The summed E-state index contributed by atoms with van der Waals surface area (Å²) >= 11 is 0. The van der Waals surface area contributed by atoms with E-state index in [1.807, 2.05) is 12.3 Å². The molecule has 0 aliphatic carbocycles. The van der Waals surface area contributed by atoms with Crippen LogP contribution in [-0.4, -0.2) is 18.1 Å². The molecule has 1 aliphatic heterocycles. The Morgan fingerprint density at radius 2 is 2.47 bits per heavy atom. The van der Waals surface area contributed by atoms with Crippen molar-refractivity contribution >= 4 is 0 Å². The molecule has 2 rings (SSSR count). The van der Waals surface area contributed by atoms with Crippen LogP contribution in [0.3, 0.4) is 0 Å². The molecule has 0 spiro atoms. The molecule has 2 heteroatoms. The lowest BCUT2D eigenvalue weighted by molar-refractivity contribution is 0.373. The number of hydrogen-bond donors (Lipinski definition) is 1. The van der Waals surface area contributed by atoms with Gasteiger partial charge in [0.05, 0.1) is 0 Å². The summed E-state index contributed by atoms with van der Waals surface area (Å²) in [4.78, 5) is 4.52. The molecular weight excluding hydrogens is 184 g/mol. The molecule has 15 heavy (non-hydrogen) atoms. The van der Waals surface area contributed by atoms with Crippen molar-refractivity contribution < 1.29 is 0 Å². The van der Waals surface area contributed by atoms with E-state index >= 15 is 0 Å². The predicted molar refractivity (Wildman–Crippen MR) is 62.9 cm³/mol. The lowest BCUT2D eigenvalue weighted by Crippen LogP contribution is -2.31. The van der Waals surface area contributed by atoms with Crippen LogP contribution in [0.1, 0.15) is 31.0 Å². The molecule has 0 bridgehead atoms. The second-order valence-corrected chi connectivity index (χ2v) is 4.38. The number of pyridine rings is 1. The van der Waals surface area contributed by atoms with Gasteiger partial charge in [-0.2, -0.15) is 0 Å². The molecule has 1 unspecified atom stereocenters. The summed E-state index contributed by atoms with van der Waals surface area (Å²) in [5.41, 5.74) is 2.73. The fourth-order valence-corrected chi connectivity index (χ4v) is 2.35. The maximum atomic E-state index is 4.52. The molecule has 82 valence electrons. The number of piperidine rings is 1. The zero-order chi connectivity index (χ0) is 10.5. The average Bonchev–Trinajstić information content (AvgIpc) is 2.31. The monoisotopic (exact) mass is 204 g/mol. The molecule has 2 nitrogen and oxygen atoms in total. The van der Waals surface area contributed by atoms with E-state index in [1.165, 1.54) is 37.2 Å². The average molecular weight is 204 g/mol. The number of aromatic nitrogens is 1. The molecule has 1 saturated heterocycles. The van der Waals surface area contributed by atoms with Crippen LogP contribution in [0.15, 0.2) is 18.3 Å². The Bertz CT molecular complexity index is 303. The first-order chi connectivity index (χ1) is 7.40. The Morgan fingerprint density at radius 1 is 1.53 bits per heavy atom. The number of rotatable bonds is 3. The molecule has 0 saturated carbocycles. The van der Waals surface area contributed by atoms with E-state index < -0.39 is 0 Å². The van der Waals surface area contributed by atoms with Gasteiger partial charge in [0.1, 0.15) is 0 Å². The van der Waals surface area contributed by atoms with Gasteiger partial charge < -0.3 is 5.32 Å². The second kappa shape index (κ2) is 5.26. The highest BCUT2D eigenvalue weighted by molar-refractivity contribution is 5.20. The van der Waals surface area contributed by atoms with Crippen LogP contribution in [0, 0.1) is 5.92 Å². The van der Waals surface area contributed by atoms with E-state index in [0.717, 1.165) is 18.8 Å². The van der Waals surface area contributed by atoms with Crippen LogP contribution in [0.5, 0.6) is 0 Å². The molecule has 1 fully saturated rings. The number of nitrogens with zero attached hydrogens (tertiary/aromatic N) is 1. The molecule has 1 aliphatic rings. The molecule has 1 atom stereocenters. The highest BCUT2D eigenvalue weighted by Crippen LogP contribution is 2.17. The van der Waals surface area contributed by atoms with E-state index in [0.29, 0.717) is 0 Å².